The van der Waals surface area contributed by atoms with Crippen molar-refractivity contribution in [2.75, 3.05) is 51.6 Å². The van der Waals surface area contributed by atoms with Crippen LogP contribution in [0.5, 0.6) is 11.8 Å². The van der Waals surface area contributed by atoms with Gasteiger partial charge in [0, 0.05) is 44.1 Å². The van der Waals surface area contributed by atoms with E-state index in [1.807, 2.05) is 49.9 Å². The maximum atomic E-state index is 17.5. The average Bonchev–Trinajstić information content (AvgIpc) is 3.75. The standard InChI is InChI=1S/C41H48ClF2N5O5/c1-6-24-9-7-10-25-15-29(53-23-51-5)16-30(33(24)25)34-32(42)17-31-36(35(34)44)45-38(52-22-41-13-8-14-48(41)19-26(43)18-41)46-37(31)47-20-27-11-12-28(21-47)49(27)39(50)54-40(2,3)4/h7,9-10,15-17,26-28H,6,8,11-14,18-23H2,1-5H3/t26-,27?,28?,41-/m1/s1. The Hall–Kier alpha value is -4.00. The predicted molar refractivity (Wildman–Crippen MR) is 205 cm³/mol. The van der Waals surface area contributed by atoms with E-state index in [0.29, 0.717) is 48.6 Å². The molecule has 0 radical (unpaired) electrons. The first-order valence-electron chi connectivity index (χ1n) is 19.0. The van der Waals surface area contributed by atoms with Gasteiger partial charge in [0.1, 0.15) is 35.5 Å². The zero-order valence-corrected chi connectivity index (χ0v) is 32.3. The molecule has 0 aliphatic carbocycles. The van der Waals surface area contributed by atoms with Crippen LogP contribution in [0.2, 0.25) is 5.02 Å². The van der Waals surface area contributed by atoms with Crippen molar-refractivity contribution in [2.24, 2.45) is 0 Å². The second-order valence-corrected chi connectivity index (χ2v) is 16.6. The summed E-state index contributed by atoms with van der Waals surface area (Å²) < 4.78 is 55.5. The van der Waals surface area contributed by atoms with Gasteiger partial charge in [0.05, 0.1) is 22.6 Å². The van der Waals surface area contributed by atoms with Crippen molar-refractivity contribution in [3.8, 4) is 22.9 Å². The Morgan fingerprint density at radius 2 is 1.85 bits per heavy atom. The van der Waals surface area contributed by atoms with Crippen LogP contribution in [0.15, 0.2) is 36.4 Å². The molecule has 4 aliphatic heterocycles. The molecule has 0 spiro atoms. The third-order valence-corrected chi connectivity index (χ3v) is 11.8. The number of amides is 1. The molecule has 4 saturated heterocycles. The fourth-order valence-electron chi connectivity index (χ4n) is 9.23. The van der Waals surface area contributed by atoms with E-state index < -0.39 is 23.1 Å². The maximum Gasteiger partial charge on any atom is 0.410 e. The van der Waals surface area contributed by atoms with Gasteiger partial charge in [0.25, 0.3) is 0 Å². The zero-order valence-electron chi connectivity index (χ0n) is 31.6. The second-order valence-electron chi connectivity index (χ2n) is 16.2. The number of halogens is 3. The van der Waals surface area contributed by atoms with Crippen molar-refractivity contribution in [3.63, 3.8) is 0 Å². The molecule has 0 N–H and O–H groups in total. The molecule has 8 rings (SSSR count). The van der Waals surface area contributed by atoms with Crippen LogP contribution in [-0.4, -0.2) is 102 Å². The fourth-order valence-corrected chi connectivity index (χ4v) is 9.52. The lowest BCUT2D eigenvalue weighted by Crippen LogP contribution is -2.57. The molecule has 54 heavy (non-hydrogen) atoms. The quantitative estimate of drug-likeness (QED) is 0.156. The summed E-state index contributed by atoms with van der Waals surface area (Å²) in [7, 11) is 1.54. The minimum atomic E-state index is -0.924. The number of carbonyl (C=O) groups excluding carboxylic acids is 1. The summed E-state index contributed by atoms with van der Waals surface area (Å²) in [5.41, 5.74) is 0.802. The van der Waals surface area contributed by atoms with Crippen LogP contribution in [0, 0.1) is 5.82 Å². The molecule has 13 heteroatoms. The molecule has 4 fully saturated rings. The Labute approximate surface area is 319 Å². The molecule has 10 nitrogen and oxygen atoms in total. The second kappa shape index (κ2) is 14.3. The number of benzene rings is 3. The Kier molecular flexibility index (Phi) is 9.75. The lowest BCUT2D eigenvalue weighted by Gasteiger charge is -2.42. The summed E-state index contributed by atoms with van der Waals surface area (Å²) in [6.07, 6.45) is 3.23. The van der Waals surface area contributed by atoms with E-state index in [0.717, 1.165) is 55.0 Å². The Bertz CT molecular complexity index is 2080. The lowest BCUT2D eigenvalue weighted by molar-refractivity contribution is 0.0122. The van der Waals surface area contributed by atoms with Gasteiger partial charge in [-0.3, -0.25) is 9.80 Å². The molecule has 2 bridgehead atoms. The third kappa shape index (κ3) is 6.68. The number of anilines is 1. The molecule has 288 valence electrons. The number of aromatic nitrogens is 2. The van der Waals surface area contributed by atoms with Gasteiger partial charge in [-0.2, -0.15) is 9.97 Å². The Morgan fingerprint density at radius 3 is 2.57 bits per heavy atom. The third-order valence-electron chi connectivity index (χ3n) is 11.5. The average molecular weight is 764 g/mol. The number of piperazine rings is 1. The summed E-state index contributed by atoms with van der Waals surface area (Å²) in [5.74, 6) is 0.384. The van der Waals surface area contributed by atoms with Crippen LogP contribution in [0.25, 0.3) is 32.8 Å². The molecule has 4 aliphatic rings. The molecular weight excluding hydrogens is 716 g/mol. The summed E-state index contributed by atoms with van der Waals surface area (Å²) in [4.78, 5) is 29.1. The number of aryl methyl sites for hydroxylation is 1. The number of ether oxygens (including phenoxy) is 4. The summed E-state index contributed by atoms with van der Waals surface area (Å²) >= 11 is 7.14. The SMILES string of the molecule is CCc1cccc2cc(OCOC)cc(-c3c(Cl)cc4c(N5CC6CCC(C5)N6C(=O)OC(C)(C)C)nc(OC[C@]56CCCN5C[C@H](F)C6)nc4c3F)c12. The van der Waals surface area contributed by atoms with Gasteiger partial charge in [-0.05, 0) is 99.5 Å². The number of rotatable bonds is 9. The van der Waals surface area contributed by atoms with Crippen LogP contribution < -0.4 is 14.4 Å². The van der Waals surface area contributed by atoms with Crippen LogP contribution >= 0.6 is 11.6 Å². The van der Waals surface area contributed by atoms with Crippen molar-refractivity contribution in [1.29, 1.82) is 0 Å². The number of methoxy groups -OCH3 is 1. The first kappa shape index (κ1) is 36.9. The van der Waals surface area contributed by atoms with E-state index in [2.05, 4.69) is 16.7 Å². The van der Waals surface area contributed by atoms with Crippen LogP contribution in [0.3, 0.4) is 0 Å². The Morgan fingerprint density at radius 1 is 1.07 bits per heavy atom. The van der Waals surface area contributed by atoms with Gasteiger partial charge in [-0.1, -0.05) is 36.7 Å². The topological polar surface area (TPSA) is 89.5 Å². The van der Waals surface area contributed by atoms with E-state index >= 15 is 4.39 Å². The number of carbonyl (C=O) groups is 1. The van der Waals surface area contributed by atoms with E-state index in [9.17, 15) is 9.18 Å². The lowest BCUT2D eigenvalue weighted by atomic mass is 9.92. The van der Waals surface area contributed by atoms with Gasteiger partial charge in [-0.15, -0.1) is 0 Å². The fraction of sp³-hybridized carbons (Fsp3) is 0.537. The largest absolute Gasteiger partial charge is 0.468 e. The smallest absolute Gasteiger partial charge is 0.410 e. The van der Waals surface area contributed by atoms with Gasteiger partial charge in [0.2, 0.25) is 0 Å². The normalized spacial score (nSPS) is 24.1. The summed E-state index contributed by atoms with van der Waals surface area (Å²) in [6.45, 7) is 10.0. The minimum absolute atomic E-state index is 0.0198. The first-order valence-corrected chi connectivity index (χ1v) is 19.4. The van der Waals surface area contributed by atoms with Crippen molar-refractivity contribution < 1.29 is 32.5 Å². The van der Waals surface area contributed by atoms with Crippen molar-refractivity contribution >= 4 is 45.2 Å². The van der Waals surface area contributed by atoms with Crippen molar-refractivity contribution in [1.82, 2.24) is 19.8 Å². The molecule has 0 saturated carbocycles. The van der Waals surface area contributed by atoms with E-state index in [1.54, 1.807) is 19.2 Å². The monoisotopic (exact) mass is 763 g/mol. The summed E-state index contributed by atoms with van der Waals surface area (Å²) in [5, 5.41) is 2.39. The van der Waals surface area contributed by atoms with Crippen LogP contribution in [0.4, 0.5) is 19.4 Å². The molecule has 1 amide bonds. The number of alkyl halides is 1. The van der Waals surface area contributed by atoms with Gasteiger partial charge < -0.3 is 23.8 Å². The molecular formula is C41H48ClF2N5O5. The van der Waals surface area contributed by atoms with Crippen LogP contribution in [0.1, 0.15) is 65.4 Å². The highest BCUT2D eigenvalue weighted by atomic mass is 35.5. The highest BCUT2D eigenvalue weighted by Gasteiger charge is 2.50. The van der Waals surface area contributed by atoms with E-state index in [-0.39, 0.29) is 53.7 Å². The molecule has 5 heterocycles. The number of nitrogens with zero attached hydrogens (tertiary/aromatic N) is 5. The first-order chi connectivity index (χ1) is 25.9. The van der Waals surface area contributed by atoms with Crippen LogP contribution in [-0.2, 0) is 15.9 Å². The summed E-state index contributed by atoms with van der Waals surface area (Å²) in [6, 6.07) is 11.2. The molecule has 2 unspecified atom stereocenters. The molecule has 3 aromatic carbocycles. The number of hydrogen-bond acceptors (Lipinski definition) is 9. The molecule has 1 aromatic heterocycles. The highest BCUT2D eigenvalue weighted by Crippen LogP contribution is 2.45. The van der Waals surface area contributed by atoms with E-state index in [1.165, 1.54) is 0 Å². The van der Waals surface area contributed by atoms with Gasteiger partial charge in [-0.25, -0.2) is 13.6 Å². The zero-order chi connectivity index (χ0) is 37.9. The molecule has 4 atom stereocenters. The van der Waals surface area contributed by atoms with E-state index in [4.69, 9.17) is 40.5 Å². The maximum absolute atomic E-state index is 17.5. The minimum Gasteiger partial charge on any atom is -0.468 e. The predicted octanol–water partition coefficient (Wildman–Crippen LogP) is 8.33. The van der Waals surface area contributed by atoms with Crippen molar-refractivity contribution in [2.45, 2.75) is 95.6 Å². The number of fused-ring (bicyclic) bond motifs is 5. The Balaban J connectivity index is 1.25. The molecule has 4 aromatic rings. The van der Waals surface area contributed by atoms with Gasteiger partial charge in [0.15, 0.2) is 12.6 Å². The van der Waals surface area contributed by atoms with Gasteiger partial charge >= 0.3 is 12.1 Å². The highest BCUT2D eigenvalue weighted by molar-refractivity contribution is 6.35. The number of hydrogen-bond donors (Lipinski definition) is 0. The van der Waals surface area contributed by atoms with Crippen molar-refractivity contribution in [3.05, 3.63) is 52.8 Å².